The fraction of sp³-hybridized carbons (Fsp3) is 0.261. The summed E-state index contributed by atoms with van der Waals surface area (Å²) in [4.78, 5) is 30.5. The van der Waals surface area contributed by atoms with Crippen LogP contribution in [0.1, 0.15) is 42.4 Å². The van der Waals surface area contributed by atoms with E-state index in [-0.39, 0.29) is 5.91 Å². The predicted molar refractivity (Wildman–Crippen MR) is 117 cm³/mol. The van der Waals surface area contributed by atoms with Crippen molar-refractivity contribution in [2.75, 3.05) is 17.8 Å². The first kappa shape index (κ1) is 21.8. The summed E-state index contributed by atoms with van der Waals surface area (Å²) in [5.74, 6) is -0.286. The van der Waals surface area contributed by atoms with E-state index in [2.05, 4.69) is 10.1 Å². The van der Waals surface area contributed by atoms with Gasteiger partial charge in [-0.15, -0.1) is 0 Å². The second kappa shape index (κ2) is 8.96. The Balaban J connectivity index is 1.95. The summed E-state index contributed by atoms with van der Waals surface area (Å²) in [6.07, 6.45) is 0.200. The zero-order valence-corrected chi connectivity index (χ0v) is 18.8. The largest absolute Gasteiger partial charge is 0.854 e. The quantitative estimate of drug-likeness (QED) is 0.335. The topological polar surface area (TPSA) is 99.3 Å². The van der Waals surface area contributed by atoms with Crippen LogP contribution in [0.3, 0.4) is 0 Å². The molecule has 0 saturated heterocycles. The minimum absolute atomic E-state index is 0.202. The summed E-state index contributed by atoms with van der Waals surface area (Å²) >= 11 is 1.40. The number of hydrogen-bond acceptors (Lipinski definition) is 7. The molecule has 1 amide bonds. The van der Waals surface area contributed by atoms with E-state index in [4.69, 9.17) is 4.74 Å². The highest BCUT2D eigenvalue weighted by Gasteiger charge is 2.43. The van der Waals surface area contributed by atoms with Gasteiger partial charge in [-0.05, 0) is 42.8 Å². The van der Waals surface area contributed by atoms with E-state index in [1.54, 1.807) is 46.0 Å². The van der Waals surface area contributed by atoms with Gasteiger partial charge in [0.2, 0.25) is 5.91 Å². The maximum Gasteiger partial charge on any atom is 0.337 e. The lowest BCUT2D eigenvalue weighted by molar-refractivity contribution is -0.764. The summed E-state index contributed by atoms with van der Waals surface area (Å²) in [5, 5.41) is 18.1. The van der Waals surface area contributed by atoms with Gasteiger partial charge in [0.05, 0.1) is 29.8 Å². The molecule has 1 unspecified atom stereocenters. The number of methoxy groups -OCH3 is 1. The van der Waals surface area contributed by atoms with Gasteiger partial charge in [-0.25, -0.2) is 14.7 Å². The highest BCUT2D eigenvalue weighted by atomic mass is 32.2. The van der Waals surface area contributed by atoms with E-state index in [9.17, 15) is 14.7 Å². The summed E-state index contributed by atoms with van der Waals surface area (Å²) in [6.45, 7) is 3.51. The van der Waals surface area contributed by atoms with Crippen molar-refractivity contribution in [1.29, 1.82) is 0 Å². The maximum atomic E-state index is 13.1. The Bertz CT molecular complexity index is 1180. The first-order valence-corrected chi connectivity index (χ1v) is 11.2. The molecule has 0 bridgehead atoms. The van der Waals surface area contributed by atoms with E-state index < -0.39 is 18.0 Å². The Morgan fingerprint density at radius 1 is 1.19 bits per heavy atom. The molecule has 0 saturated carbocycles. The lowest BCUT2D eigenvalue weighted by Crippen LogP contribution is -2.58. The van der Waals surface area contributed by atoms with Crippen LogP contribution in [0.5, 0.6) is 5.88 Å². The van der Waals surface area contributed by atoms with E-state index >= 15 is 0 Å². The van der Waals surface area contributed by atoms with Crippen molar-refractivity contribution in [2.45, 2.75) is 31.6 Å². The molecule has 0 radical (unpaired) electrons. The van der Waals surface area contributed by atoms with Gasteiger partial charge in [-0.2, -0.15) is 0 Å². The number of anilines is 1. The molecule has 2 aromatic carbocycles. The Morgan fingerprint density at radius 2 is 1.91 bits per heavy atom. The average molecular weight is 451 g/mol. The molecular weight excluding hydrogens is 428 g/mol. The van der Waals surface area contributed by atoms with Gasteiger partial charge >= 0.3 is 5.97 Å². The number of thioether (sulfide) groups is 1. The lowest BCUT2D eigenvalue weighted by atomic mass is 10.0. The Kier molecular flexibility index (Phi) is 6.09. The third kappa shape index (κ3) is 3.80. The average Bonchev–Trinajstić information content (AvgIpc) is 2.81. The van der Waals surface area contributed by atoms with E-state index in [0.29, 0.717) is 33.2 Å². The Hall–Kier alpha value is -3.46. The van der Waals surface area contributed by atoms with Gasteiger partial charge in [-0.3, -0.25) is 4.79 Å². The number of ether oxygens (including phenoxy) is 1. The molecule has 8 nitrogen and oxygen atoms in total. The monoisotopic (exact) mass is 450 g/mol. The zero-order chi connectivity index (χ0) is 22.8. The van der Waals surface area contributed by atoms with E-state index in [0.717, 1.165) is 12.2 Å². The smallest absolute Gasteiger partial charge is 0.337 e. The number of nitrogens with zero attached hydrogens (tertiary/aromatic N) is 4. The first-order chi connectivity index (χ1) is 15.5. The van der Waals surface area contributed by atoms with E-state index in [1.165, 1.54) is 25.8 Å². The molecule has 4 rings (SSSR count). The van der Waals surface area contributed by atoms with Crippen LogP contribution in [0.4, 0.5) is 5.69 Å². The first-order valence-electron chi connectivity index (χ1n) is 10.2. The van der Waals surface area contributed by atoms with Gasteiger partial charge in [0.25, 0.3) is 17.0 Å². The molecule has 2 heterocycles. The van der Waals surface area contributed by atoms with Crippen LogP contribution in [0.15, 0.2) is 53.7 Å². The minimum atomic E-state index is -0.708. The number of para-hydroxylation sites is 1. The maximum absolute atomic E-state index is 13.1. The fourth-order valence-electron chi connectivity index (χ4n) is 3.74. The number of amides is 1. The van der Waals surface area contributed by atoms with Gasteiger partial charge in [0.15, 0.2) is 0 Å². The van der Waals surface area contributed by atoms with Crippen LogP contribution in [-0.2, 0) is 9.53 Å². The van der Waals surface area contributed by atoms with Gasteiger partial charge in [0, 0.05) is 23.3 Å². The molecule has 1 aliphatic heterocycles. The van der Waals surface area contributed by atoms with Crippen molar-refractivity contribution in [2.24, 2.45) is 0 Å². The second-order valence-electron chi connectivity index (χ2n) is 7.23. The number of rotatable bonds is 5. The molecule has 3 aromatic rings. The molecule has 32 heavy (non-hydrogen) atoms. The van der Waals surface area contributed by atoms with Crippen LogP contribution in [-0.4, -0.2) is 34.8 Å². The number of aromatic nitrogens is 3. The van der Waals surface area contributed by atoms with Crippen molar-refractivity contribution in [3.8, 4) is 17.1 Å². The normalized spacial score (nSPS) is 14.5. The molecule has 0 N–H and O–H groups in total. The number of fused-ring (bicyclic) bond motifs is 3. The zero-order valence-electron chi connectivity index (χ0n) is 17.9. The van der Waals surface area contributed by atoms with Crippen molar-refractivity contribution < 1.29 is 24.1 Å². The number of hydrogen-bond donors (Lipinski definition) is 0. The Labute approximate surface area is 189 Å². The minimum Gasteiger partial charge on any atom is -0.854 e. The highest BCUT2D eigenvalue weighted by Crippen LogP contribution is 2.40. The fourth-order valence-corrected chi connectivity index (χ4v) is 4.42. The molecule has 0 aliphatic carbocycles. The van der Waals surface area contributed by atoms with Crippen molar-refractivity contribution in [3.63, 3.8) is 0 Å². The third-order valence-electron chi connectivity index (χ3n) is 5.12. The summed E-state index contributed by atoms with van der Waals surface area (Å²) in [6, 6.07) is 14.0. The number of esters is 1. The summed E-state index contributed by atoms with van der Waals surface area (Å²) in [5.41, 5.74) is 2.61. The molecule has 1 atom stereocenters. The molecular formula is C23H22N4O4S. The number of carbonyl (C=O) groups excluding carboxylic acids is 2. The van der Waals surface area contributed by atoms with Gasteiger partial charge in [0.1, 0.15) is 0 Å². The second-order valence-corrected chi connectivity index (χ2v) is 8.30. The van der Waals surface area contributed by atoms with Crippen LogP contribution in [0.2, 0.25) is 0 Å². The predicted octanol–water partition coefficient (Wildman–Crippen LogP) is 2.71. The van der Waals surface area contributed by atoms with Gasteiger partial charge in [-0.1, -0.05) is 35.5 Å². The highest BCUT2D eigenvalue weighted by molar-refractivity contribution is 7.99. The summed E-state index contributed by atoms with van der Waals surface area (Å²) in [7, 11) is 1.32. The molecule has 9 heteroatoms. The van der Waals surface area contributed by atoms with Crippen molar-refractivity contribution in [3.05, 3.63) is 59.7 Å². The molecule has 0 spiro atoms. The van der Waals surface area contributed by atoms with Gasteiger partial charge < -0.3 is 9.84 Å². The third-order valence-corrected chi connectivity index (χ3v) is 6.17. The van der Waals surface area contributed by atoms with Crippen molar-refractivity contribution in [1.82, 2.24) is 10.1 Å². The number of benzene rings is 2. The molecule has 1 aromatic heterocycles. The molecule has 1 aliphatic rings. The van der Waals surface area contributed by atoms with Crippen LogP contribution < -0.4 is 14.7 Å². The standard InChI is InChI=1S/C23H22N4O4S/c1-4-13-32-23-24-20(29)19-17-7-5-6-8-18(17)26(14(2)28)21(27(19)25-23)15-9-11-16(12-10-15)22(30)31-3/h5-12,21H,4,13H2,1-3H3. The van der Waals surface area contributed by atoms with Crippen molar-refractivity contribution >= 4 is 29.3 Å². The van der Waals surface area contributed by atoms with E-state index in [1.807, 2.05) is 19.1 Å². The van der Waals surface area contributed by atoms with Crippen LogP contribution >= 0.6 is 11.8 Å². The molecule has 164 valence electrons. The molecule has 0 fully saturated rings. The van der Waals surface area contributed by atoms with Crippen LogP contribution in [0, 0.1) is 0 Å². The summed E-state index contributed by atoms with van der Waals surface area (Å²) < 4.78 is 6.35. The number of carbonyl (C=O) groups is 2. The lowest BCUT2D eigenvalue weighted by Gasteiger charge is -2.32. The Morgan fingerprint density at radius 3 is 2.56 bits per heavy atom. The van der Waals surface area contributed by atoms with Crippen LogP contribution in [0.25, 0.3) is 11.3 Å². The SMILES string of the molecule is CCCSc1nc([O-])c2[n+](n1)C(c1ccc(C(=O)OC)cc1)N(C(C)=O)c1ccccc1-2.